The summed E-state index contributed by atoms with van der Waals surface area (Å²) in [6.45, 7) is 5.09. The van der Waals surface area contributed by atoms with E-state index in [2.05, 4.69) is 4.98 Å². The molecule has 0 radical (unpaired) electrons. The number of nitrogens with zero attached hydrogens (tertiary/aromatic N) is 4. The molecule has 0 spiro atoms. The van der Waals surface area contributed by atoms with Crippen LogP contribution in [0.4, 0.5) is 11.6 Å². The van der Waals surface area contributed by atoms with Crippen LogP contribution in [0.1, 0.15) is 25.6 Å². The second kappa shape index (κ2) is 5.48. The zero-order valence-corrected chi connectivity index (χ0v) is 11.6. The van der Waals surface area contributed by atoms with E-state index < -0.39 is 16.8 Å². The smallest absolute Gasteiger partial charge is 0.406 e. The van der Waals surface area contributed by atoms with E-state index in [-0.39, 0.29) is 5.82 Å². The number of hydrogen-bond acceptors (Lipinski definition) is 5. The van der Waals surface area contributed by atoms with Gasteiger partial charge < -0.3 is 20.1 Å². The Hall–Kier alpha value is -2.12. The van der Waals surface area contributed by atoms with Gasteiger partial charge in [0.25, 0.3) is 0 Å². The van der Waals surface area contributed by atoms with Crippen LogP contribution in [0.3, 0.4) is 0 Å². The van der Waals surface area contributed by atoms with E-state index in [0.717, 1.165) is 0 Å². The number of aryl methyl sites for hydroxylation is 1. The molecule has 2 heterocycles. The average molecular weight is 282 g/mol. The number of aliphatic carboxylic acids is 1. The molecule has 1 aromatic heterocycles. The van der Waals surface area contributed by atoms with E-state index in [4.69, 9.17) is 5.11 Å². The first-order valence-electron chi connectivity index (χ1n) is 6.65. The minimum atomic E-state index is -0.850. The molecule has 0 amide bonds. The Morgan fingerprint density at radius 1 is 1.60 bits per heavy atom. The summed E-state index contributed by atoms with van der Waals surface area (Å²) in [4.78, 5) is 27.6. The average Bonchev–Trinajstić information content (AvgIpc) is 2.75. The lowest BCUT2D eigenvalue weighted by molar-refractivity contribution is -0.388. The summed E-state index contributed by atoms with van der Waals surface area (Å²) in [6, 6.07) is 0. The number of aromatic nitrogens is 2. The summed E-state index contributed by atoms with van der Waals surface area (Å²) in [7, 11) is 0. The van der Waals surface area contributed by atoms with Crippen molar-refractivity contribution < 1.29 is 14.8 Å². The van der Waals surface area contributed by atoms with Crippen LogP contribution in [0, 0.1) is 23.0 Å². The molecule has 110 valence electrons. The second-order valence-corrected chi connectivity index (χ2v) is 4.93. The molecule has 8 nitrogen and oxygen atoms in total. The van der Waals surface area contributed by atoms with Gasteiger partial charge in [0.05, 0.1) is 5.92 Å². The highest BCUT2D eigenvalue weighted by Gasteiger charge is 2.34. The fourth-order valence-corrected chi connectivity index (χ4v) is 2.72. The number of carboxylic acids is 1. The Labute approximate surface area is 116 Å². The molecule has 1 aromatic rings. The van der Waals surface area contributed by atoms with Gasteiger partial charge >= 0.3 is 11.8 Å². The van der Waals surface area contributed by atoms with Crippen LogP contribution in [0.15, 0.2) is 0 Å². The summed E-state index contributed by atoms with van der Waals surface area (Å²) < 4.78 is 1.77. The molecule has 1 saturated heterocycles. The highest BCUT2D eigenvalue weighted by atomic mass is 16.6. The Balaban J connectivity index is 2.40. The number of imidazole rings is 1. The van der Waals surface area contributed by atoms with Gasteiger partial charge in [0, 0.05) is 26.6 Å². The first kappa shape index (κ1) is 14.3. The summed E-state index contributed by atoms with van der Waals surface area (Å²) >= 11 is 0. The van der Waals surface area contributed by atoms with Gasteiger partial charge in [-0.15, -0.1) is 0 Å². The van der Waals surface area contributed by atoms with Crippen molar-refractivity contribution in [3.8, 4) is 0 Å². The molecule has 1 aliphatic heterocycles. The van der Waals surface area contributed by atoms with Gasteiger partial charge in [-0.25, -0.2) is 0 Å². The van der Waals surface area contributed by atoms with E-state index in [0.29, 0.717) is 44.1 Å². The zero-order valence-electron chi connectivity index (χ0n) is 11.6. The monoisotopic (exact) mass is 282 g/mol. The van der Waals surface area contributed by atoms with Crippen LogP contribution in [-0.2, 0) is 11.3 Å². The van der Waals surface area contributed by atoms with Crippen molar-refractivity contribution in [2.45, 2.75) is 33.2 Å². The van der Waals surface area contributed by atoms with E-state index in [1.807, 2.05) is 6.92 Å². The number of rotatable bonds is 4. The fourth-order valence-electron chi connectivity index (χ4n) is 2.72. The van der Waals surface area contributed by atoms with Gasteiger partial charge in [-0.1, -0.05) is 0 Å². The molecule has 1 atom stereocenters. The largest absolute Gasteiger partial charge is 0.481 e. The van der Waals surface area contributed by atoms with Crippen molar-refractivity contribution in [2.75, 3.05) is 18.0 Å². The number of nitro groups is 1. The van der Waals surface area contributed by atoms with E-state index in [9.17, 15) is 14.9 Å². The normalized spacial score (nSPS) is 19.1. The van der Waals surface area contributed by atoms with Crippen LogP contribution in [0.5, 0.6) is 0 Å². The molecule has 0 aliphatic carbocycles. The lowest BCUT2D eigenvalue weighted by Gasteiger charge is -2.31. The van der Waals surface area contributed by atoms with Crippen LogP contribution >= 0.6 is 0 Å². The number of carbonyl (C=O) groups is 1. The van der Waals surface area contributed by atoms with Crippen molar-refractivity contribution >= 4 is 17.6 Å². The summed E-state index contributed by atoms with van der Waals surface area (Å²) in [6.07, 6.45) is 1.32. The molecular weight excluding hydrogens is 264 g/mol. The predicted molar refractivity (Wildman–Crippen MR) is 71.9 cm³/mol. The highest BCUT2D eigenvalue weighted by molar-refractivity contribution is 5.71. The van der Waals surface area contributed by atoms with Gasteiger partial charge in [0.1, 0.15) is 0 Å². The quantitative estimate of drug-likeness (QED) is 0.662. The van der Waals surface area contributed by atoms with Crippen molar-refractivity contribution in [1.82, 2.24) is 9.55 Å². The van der Waals surface area contributed by atoms with Crippen LogP contribution in [0.25, 0.3) is 0 Å². The van der Waals surface area contributed by atoms with E-state index in [1.165, 1.54) is 0 Å². The predicted octanol–water partition coefficient (Wildman–Crippen LogP) is 1.42. The Morgan fingerprint density at radius 3 is 2.85 bits per heavy atom. The number of piperidine rings is 1. The molecular formula is C12H18N4O4. The molecule has 2 rings (SSSR count). The minimum absolute atomic E-state index is 0.185. The van der Waals surface area contributed by atoms with E-state index >= 15 is 0 Å². The molecule has 1 aliphatic rings. The lowest BCUT2D eigenvalue weighted by atomic mass is 9.98. The highest BCUT2D eigenvalue weighted by Crippen LogP contribution is 2.32. The van der Waals surface area contributed by atoms with Crippen molar-refractivity contribution in [2.24, 2.45) is 5.92 Å². The maximum atomic E-state index is 11.1. The van der Waals surface area contributed by atoms with Crippen LogP contribution < -0.4 is 4.90 Å². The summed E-state index contributed by atoms with van der Waals surface area (Å²) in [5.41, 5.74) is 0. The number of carboxylic acid groups (broad SMARTS) is 1. The Bertz CT molecular complexity index is 540. The molecule has 0 bridgehead atoms. The molecule has 8 heteroatoms. The molecule has 1 fully saturated rings. The van der Waals surface area contributed by atoms with Gasteiger partial charge in [-0.2, -0.15) is 0 Å². The van der Waals surface area contributed by atoms with Crippen LogP contribution in [-0.4, -0.2) is 38.6 Å². The maximum absolute atomic E-state index is 11.1. The van der Waals surface area contributed by atoms with Crippen LogP contribution in [0.2, 0.25) is 0 Å². The lowest BCUT2D eigenvalue weighted by Crippen LogP contribution is -2.40. The van der Waals surface area contributed by atoms with Gasteiger partial charge in [0.2, 0.25) is 11.6 Å². The van der Waals surface area contributed by atoms with Gasteiger partial charge in [-0.3, -0.25) is 9.36 Å². The maximum Gasteiger partial charge on any atom is 0.406 e. The number of hydrogen-bond donors (Lipinski definition) is 1. The third-order valence-corrected chi connectivity index (χ3v) is 3.67. The topological polar surface area (TPSA) is 101 Å². The molecule has 0 saturated carbocycles. The third kappa shape index (κ3) is 2.45. The molecule has 1 unspecified atom stereocenters. The first-order chi connectivity index (χ1) is 9.45. The molecule has 20 heavy (non-hydrogen) atoms. The number of anilines is 1. The molecule has 1 N–H and O–H groups in total. The Morgan fingerprint density at radius 2 is 2.30 bits per heavy atom. The van der Waals surface area contributed by atoms with Crippen molar-refractivity contribution in [3.63, 3.8) is 0 Å². The zero-order chi connectivity index (χ0) is 14.9. The first-order valence-corrected chi connectivity index (χ1v) is 6.65. The summed E-state index contributed by atoms with van der Waals surface area (Å²) in [5.74, 6) is -0.511. The van der Waals surface area contributed by atoms with Gasteiger partial charge in [-0.05, 0) is 29.7 Å². The second-order valence-electron chi connectivity index (χ2n) is 4.93. The fraction of sp³-hybridized carbons (Fsp3) is 0.667. The van der Waals surface area contributed by atoms with Crippen molar-refractivity contribution in [3.05, 3.63) is 15.9 Å². The Kier molecular flexibility index (Phi) is 3.91. The molecule has 0 aromatic carbocycles. The van der Waals surface area contributed by atoms with Crippen molar-refractivity contribution in [1.29, 1.82) is 0 Å². The summed E-state index contributed by atoms with van der Waals surface area (Å²) in [5, 5.41) is 20.3. The third-order valence-electron chi connectivity index (χ3n) is 3.67. The van der Waals surface area contributed by atoms with Gasteiger partial charge in [0.15, 0.2) is 0 Å². The SMILES string of the molecule is CCn1c(C)nc([N+](=O)[O-])c1N1CCCC(C(=O)O)C1. The minimum Gasteiger partial charge on any atom is -0.481 e. The van der Waals surface area contributed by atoms with E-state index in [1.54, 1.807) is 16.4 Å². The standard InChI is InChI=1S/C12H18N4O4/c1-3-15-8(2)13-10(16(19)20)11(15)14-6-4-5-9(7-14)12(17)18/h9H,3-7H2,1-2H3,(H,17,18).